The molecular weight excluding hydrogens is 406 g/mol. The van der Waals surface area contributed by atoms with Gasteiger partial charge in [-0.1, -0.05) is 24.3 Å². The highest BCUT2D eigenvalue weighted by atomic mass is 19.2. The van der Waals surface area contributed by atoms with Gasteiger partial charge < -0.3 is 20.3 Å². The van der Waals surface area contributed by atoms with Gasteiger partial charge in [0.05, 0.1) is 6.42 Å². The SMILES string of the molecule is O=C(O)Cc1ccccc1OC[C@H](O)CNC1CCN(Cc2ccc(F)c(F)c2)CC1. The van der Waals surface area contributed by atoms with Gasteiger partial charge in [0.15, 0.2) is 11.6 Å². The number of piperidine rings is 1. The molecule has 168 valence electrons. The van der Waals surface area contributed by atoms with Crippen molar-refractivity contribution < 1.29 is 28.5 Å². The fourth-order valence-electron chi connectivity index (χ4n) is 3.69. The van der Waals surface area contributed by atoms with Crippen molar-refractivity contribution in [2.75, 3.05) is 26.2 Å². The summed E-state index contributed by atoms with van der Waals surface area (Å²) in [7, 11) is 0. The first-order chi connectivity index (χ1) is 14.9. The number of carboxylic acids is 1. The van der Waals surface area contributed by atoms with Gasteiger partial charge in [0.25, 0.3) is 0 Å². The second-order valence-corrected chi connectivity index (χ2v) is 7.85. The Morgan fingerprint density at radius 2 is 1.90 bits per heavy atom. The van der Waals surface area contributed by atoms with Crippen LogP contribution in [0, 0.1) is 11.6 Å². The van der Waals surface area contributed by atoms with Crippen molar-refractivity contribution in [3.05, 3.63) is 65.2 Å². The van der Waals surface area contributed by atoms with Crippen molar-refractivity contribution in [2.24, 2.45) is 0 Å². The molecule has 2 aromatic carbocycles. The summed E-state index contributed by atoms with van der Waals surface area (Å²) in [4.78, 5) is 13.1. The third-order valence-corrected chi connectivity index (χ3v) is 5.37. The minimum absolute atomic E-state index is 0.0681. The zero-order valence-corrected chi connectivity index (χ0v) is 17.3. The predicted molar refractivity (Wildman–Crippen MR) is 112 cm³/mol. The largest absolute Gasteiger partial charge is 0.491 e. The van der Waals surface area contributed by atoms with E-state index in [0.29, 0.717) is 24.4 Å². The fraction of sp³-hybridized carbons (Fsp3) is 0.435. The first-order valence-corrected chi connectivity index (χ1v) is 10.4. The number of hydrogen-bond donors (Lipinski definition) is 3. The molecule has 0 radical (unpaired) electrons. The number of hydrogen-bond acceptors (Lipinski definition) is 5. The fourth-order valence-corrected chi connectivity index (χ4v) is 3.69. The number of ether oxygens (including phenoxy) is 1. The van der Waals surface area contributed by atoms with Gasteiger partial charge in [0, 0.05) is 24.7 Å². The number of rotatable bonds is 10. The van der Waals surface area contributed by atoms with Crippen LogP contribution in [0.3, 0.4) is 0 Å². The summed E-state index contributed by atoms with van der Waals surface area (Å²) in [6.07, 6.45) is 0.920. The van der Waals surface area contributed by atoms with Crippen molar-refractivity contribution >= 4 is 5.97 Å². The van der Waals surface area contributed by atoms with Crippen molar-refractivity contribution in [2.45, 2.75) is 38.0 Å². The molecule has 0 amide bonds. The average Bonchev–Trinajstić information content (AvgIpc) is 2.75. The number of para-hydroxylation sites is 1. The van der Waals surface area contributed by atoms with E-state index in [1.165, 1.54) is 6.07 Å². The number of halogens is 2. The Kier molecular flexibility index (Phi) is 8.34. The Morgan fingerprint density at radius 3 is 2.61 bits per heavy atom. The summed E-state index contributed by atoms with van der Waals surface area (Å²) in [6.45, 7) is 2.67. The molecule has 3 N–H and O–H groups in total. The van der Waals surface area contributed by atoms with Crippen LogP contribution in [0.4, 0.5) is 8.78 Å². The molecule has 31 heavy (non-hydrogen) atoms. The lowest BCUT2D eigenvalue weighted by molar-refractivity contribution is -0.136. The van der Waals surface area contributed by atoms with Crippen LogP contribution in [0.15, 0.2) is 42.5 Å². The molecule has 3 rings (SSSR count). The second-order valence-electron chi connectivity index (χ2n) is 7.85. The minimum atomic E-state index is -0.936. The molecular formula is C23H28F2N2O4. The number of nitrogens with zero attached hydrogens (tertiary/aromatic N) is 1. The zero-order valence-electron chi connectivity index (χ0n) is 17.3. The van der Waals surface area contributed by atoms with E-state index in [0.717, 1.165) is 37.6 Å². The first-order valence-electron chi connectivity index (χ1n) is 10.4. The van der Waals surface area contributed by atoms with Crippen LogP contribution in [0.2, 0.25) is 0 Å². The van der Waals surface area contributed by atoms with E-state index in [1.54, 1.807) is 30.3 Å². The second kappa shape index (κ2) is 11.2. The smallest absolute Gasteiger partial charge is 0.307 e. The highest BCUT2D eigenvalue weighted by Gasteiger charge is 2.20. The van der Waals surface area contributed by atoms with E-state index in [-0.39, 0.29) is 19.1 Å². The number of aliphatic hydroxyl groups excluding tert-OH is 1. The maximum absolute atomic E-state index is 13.4. The van der Waals surface area contributed by atoms with Crippen LogP contribution in [-0.2, 0) is 17.8 Å². The minimum Gasteiger partial charge on any atom is -0.491 e. The molecule has 1 aliphatic rings. The molecule has 1 aliphatic heterocycles. The molecule has 0 saturated carbocycles. The van der Waals surface area contributed by atoms with E-state index in [4.69, 9.17) is 9.84 Å². The van der Waals surface area contributed by atoms with Crippen molar-refractivity contribution in [3.63, 3.8) is 0 Å². The van der Waals surface area contributed by atoms with Gasteiger partial charge in [-0.15, -0.1) is 0 Å². The van der Waals surface area contributed by atoms with Gasteiger partial charge in [0.2, 0.25) is 0 Å². The Hall–Kier alpha value is -2.55. The summed E-state index contributed by atoms with van der Waals surface area (Å²) in [5.74, 6) is -2.13. The molecule has 8 heteroatoms. The number of benzene rings is 2. The van der Waals surface area contributed by atoms with Crippen LogP contribution >= 0.6 is 0 Å². The average molecular weight is 434 g/mol. The summed E-state index contributed by atoms with van der Waals surface area (Å²) >= 11 is 0. The third-order valence-electron chi connectivity index (χ3n) is 5.37. The lowest BCUT2D eigenvalue weighted by atomic mass is 10.0. The number of carboxylic acid groups (broad SMARTS) is 1. The van der Waals surface area contributed by atoms with E-state index in [2.05, 4.69) is 10.2 Å². The number of nitrogens with one attached hydrogen (secondary N) is 1. The molecule has 0 aromatic heterocycles. The van der Waals surface area contributed by atoms with Crippen LogP contribution in [0.5, 0.6) is 5.75 Å². The quantitative estimate of drug-likeness (QED) is 0.533. The molecule has 1 atom stereocenters. The van der Waals surface area contributed by atoms with Crippen LogP contribution in [0.1, 0.15) is 24.0 Å². The number of carbonyl (C=O) groups is 1. The lowest BCUT2D eigenvalue weighted by Crippen LogP contribution is -2.45. The monoisotopic (exact) mass is 434 g/mol. The summed E-state index contributed by atoms with van der Waals surface area (Å²) in [6, 6.07) is 11.2. The highest BCUT2D eigenvalue weighted by Crippen LogP contribution is 2.19. The van der Waals surface area contributed by atoms with E-state index in [1.807, 2.05) is 0 Å². The van der Waals surface area contributed by atoms with Crippen molar-refractivity contribution in [1.82, 2.24) is 10.2 Å². The maximum Gasteiger partial charge on any atom is 0.307 e. The Bertz CT molecular complexity index is 872. The molecule has 1 fully saturated rings. The zero-order chi connectivity index (χ0) is 22.2. The Labute approximate surface area is 180 Å². The van der Waals surface area contributed by atoms with Crippen molar-refractivity contribution in [1.29, 1.82) is 0 Å². The molecule has 1 saturated heterocycles. The third kappa shape index (κ3) is 7.27. The molecule has 6 nitrogen and oxygen atoms in total. The molecule has 1 heterocycles. The number of aliphatic carboxylic acids is 1. The maximum atomic E-state index is 13.4. The van der Waals surface area contributed by atoms with Gasteiger partial charge in [-0.25, -0.2) is 8.78 Å². The first kappa shape index (κ1) is 23.1. The Balaban J connectivity index is 1.37. The number of aliphatic hydroxyl groups is 1. The van der Waals surface area contributed by atoms with E-state index < -0.39 is 23.7 Å². The van der Waals surface area contributed by atoms with Crippen molar-refractivity contribution in [3.8, 4) is 5.75 Å². The molecule has 0 unspecified atom stereocenters. The normalized spacial score (nSPS) is 16.2. The summed E-state index contributed by atoms with van der Waals surface area (Å²) < 4.78 is 32.0. The lowest BCUT2D eigenvalue weighted by Gasteiger charge is -2.33. The number of likely N-dealkylation sites (tertiary alicyclic amines) is 1. The summed E-state index contributed by atoms with van der Waals surface area (Å²) in [5, 5.41) is 22.5. The van der Waals surface area contributed by atoms with Gasteiger partial charge in [-0.3, -0.25) is 9.69 Å². The molecule has 0 spiro atoms. The highest BCUT2D eigenvalue weighted by molar-refractivity contribution is 5.71. The predicted octanol–water partition coefficient (Wildman–Crippen LogP) is 2.59. The molecule has 2 aromatic rings. The van der Waals surface area contributed by atoms with Gasteiger partial charge in [-0.2, -0.15) is 0 Å². The van der Waals surface area contributed by atoms with Crippen LogP contribution in [-0.4, -0.2) is 59.5 Å². The molecule has 0 bridgehead atoms. The standard InChI is InChI=1S/C23H28F2N2O4/c24-20-6-5-16(11-21(20)25)14-27-9-7-18(8-10-27)26-13-19(28)15-31-22-4-2-1-3-17(22)12-23(29)30/h1-6,11,18-19,26,28H,7-10,12-15H2,(H,29,30)/t19-/m1/s1. The van der Waals surface area contributed by atoms with Gasteiger partial charge >= 0.3 is 5.97 Å². The summed E-state index contributed by atoms with van der Waals surface area (Å²) in [5.41, 5.74) is 1.32. The van der Waals surface area contributed by atoms with E-state index in [9.17, 15) is 18.7 Å². The van der Waals surface area contributed by atoms with Crippen LogP contribution < -0.4 is 10.1 Å². The van der Waals surface area contributed by atoms with Gasteiger partial charge in [-0.05, 0) is 49.7 Å². The van der Waals surface area contributed by atoms with Crippen LogP contribution in [0.25, 0.3) is 0 Å². The Morgan fingerprint density at radius 1 is 1.16 bits per heavy atom. The van der Waals surface area contributed by atoms with Gasteiger partial charge in [0.1, 0.15) is 18.5 Å². The van der Waals surface area contributed by atoms with E-state index >= 15 is 0 Å². The molecule has 0 aliphatic carbocycles. The topological polar surface area (TPSA) is 82.0 Å².